The van der Waals surface area contributed by atoms with E-state index in [0.717, 1.165) is 5.56 Å². The van der Waals surface area contributed by atoms with Crippen LogP contribution in [0.1, 0.15) is 21.5 Å². The summed E-state index contributed by atoms with van der Waals surface area (Å²) < 4.78 is 27.1. The molecule has 0 saturated heterocycles. The lowest BCUT2D eigenvalue weighted by molar-refractivity contribution is 0.0472. The minimum absolute atomic E-state index is 0.0260. The second-order valence-electron chi connectivity index (χ2n) is 5.29. The summed E-state index contributed by atoms with van der Waals surface area (Å²) in [5.41, 5.74) is 1.88. The highest BCUT2D eigenvalue weighted by molar-refractivity contribution is 7.83. The standard InChI is InChI=1S/C17H15ClO5S/c1-24(20)9-11-3-2-4-12(5-11)17(19)21-8-13-6-15-16(7-14(13)18)23-10-22-15/h2-7H,8-10H2,1H3/t24-/m0/s1. The van der Waals surface area contributed by atoms with Crippen molar-refractivity contribution >= 4 is 28.4 Å². The van der Waals surface area contributed by atoms with E-state index in [4.69, 9.17) is 25.8 Å². The van der Waals surface area contributed by atoms with Gasteiger partial charge >= 0.3 is 5.97 Å². The molecule has 0 unspecified atom stereocenters. The third-order valence-electron chi connectivity index (χ3n) is 3.43. The lowest BCUT2D eigenvalue weighted by Crippen LogP contribution is -2.06. The molecule has 1 aliphatic rings. The molecule has 0 bridgehead atoms. The second-order valence-corrected chi connectivity index (χ2v) is 7.13. The molecule has 0 fully saturated rings. The monoisotopic (exact) mass is 366 g/mol. The quantitative estimate of drug-likeness (QED) is 0.760. The number of carbonyl (C=O) groups excluding carboxylic acids is 1. The van der Waals surface area contributed by atoms with E-state index >= 15 is 0 Å². The summed E-state index contributed by atoms with van der Waals surface area (Å²) in [7, 11) is -0.970. The Balaban J connectivity index is 1.69. The van der Waals surface area contributed by atoms with Crippen LogP contribution in [-0.2, 0) is 27.9 Å². The molecule has 24 heavy (non-hydrogen) atoms. The van der Waals surface area contributed by atoms with Gasteiger partial charge in [-0.25, -0.2) is 4.79 Å². The number of benzene rings is 2. The molecule has 5 nitrogen and oxygen atoms in total. The van der Waals surface area contributed by atoms with Crippen molar-refractivity contribution < 1.29 is 23.2 Å². The van der Waals surface area contributed by atoms with Crippen molar-refractivity contribution in [2.24, 2.45) is 0 Å². The van der Waals surface area contributed by atoms with Crippen LogP contribution in [0, 0.1) is 0 Å². The fraction of sp³-hybridized carbons (Fsp3) is 0.235. The molecule has 0 saturated carbocycles. The van der Waals surface area contributed by atoms with Crippen LogP contribution < -0.4 is 9.47 Å². The molecule has 1 aliphatic heterocycles. The molecule has 0 aliphatic carbocycles. The number of halogens is 1. The van der Waals surface area contributed by atoms with E-state index in [0.29, 0.717) is 33.4 Å². The lowest BCUT2D eigenvalue weighted by atomic mass is 10.1. The molecule has 126 valence electrons. The van der Waals surface area contributed by atoms with E-state index in [-0.39, 0.29) is 13.4 Å². The zero-order valence-corrected chi connectivity index (χ0v) is 14.5. The maximum atomic E-state index is 12.2. The topological polar surface area (TPSA) is 61.8 Å². The first-order valence-electron chi connectivity index (χ1n) is 7.17. The highest BCUT2D eigenvalue weighted by Crippen LogP contribution is 2.37. The average molecular weight is 367 g/mol. The minimum atomic E-state index is -0.970. The number of ether oxygens (including phenoxy) is 3. The normalized spacial score (nSPS) is 13.6. The second kappa shape index (κ2) is 7.23. The Bertz CT molecular complexity index is 806. The predicted molar refractivity (Wildman–Crippen MR) is 90.9 cm³/mol. The average Bonchev–Trinajstić information content (AvgIpc) is 2.99. The van der Waals surface area contributed by atoms with Crippen LogP contribution in [0.25, 0.3) is 0 Å². The van der Waals surface area contributed by atoms with Crippen molar-refractivity contribution in [2.75, 3.05) is 13.0 Å². The van der Waals surface area contributed by atoms with Gasteiger partial charge in [0.1, 0.15) is 6.61 Å². The Labute approximate surface area is 146 Å². The summed E-state index contributed by atoms with van der Waals surface area (Å²) >= 11 is 6.16. The van der Waals surface area contributed by atoms with Crippen LogP contribution in [0.15, 0.2) is 36.4 Å². The fourth-order valence-electron chi connectivity index (χ4n) is 2.32. The zero-order valence-electron chi connectivity index (χ0n) is 12.9. The van der Waals surface area contributed by atoms with E-state index < -0.39 is 16.8 Å². The van der Waals surface area contributed by atoms with Crippen molar-refractivity contribution in [3.05, 3.63) is 58.1 Å². The SMILES string of the molecule is C[S@](=O)Cc1cccc(C(=O)OCc2cc3c(cc2Cl)OCO3)c1. The first-order valence-corrected chi connectivity index (χ1v) is 9.27. The Morgan fingerprint density at radius 2 is 2.00 bits per heavy atom. The van der Waals surface area contributed by atoms with Gasteiger partial charge < -0.3 is 14.2 Å². The fourth-order valence-corrected chi connectivity index (χ4v) is 3.18. The van der Waals surface area contributed by atoms with Crippen LogP contribution in [-0.4, -0.2) is 23.2 Å². The van der Waals surface area contributed by atoms with E-state index in [1.54, 1.807) is 36.6 Å². The number of rotatable bonds is 5. The van der Waals surface area contributed by atoms with Gasteiger partial charge in [-0.15, -0.1) is 0 Å². The Morgan fingerprint density at radius 3 is 2.75 bits per heavy atom. The molecule has 3 rings (SSSR count). The van der Waals surface area contributed by atoms with Crippen LogP contribution in [0.5, 0.6) is 11.5 Å². The van der Waals surface area contributed by atoms with Crippen molar-refractivity contribution in [1.29, 1.82) is 0 Å². The lowest BCUT2D eigenvalue weighted by Gasteiger charge is -2.08. The van der Waals surface area contributed by atoms with Gasteiger partial charge in [-0.05, 0) is 23.8 Å². The Hall–Kier alpha value is -2.05. The first-order chi connectivity index (χ1) is 11.5. The van der Waals surface area contributed by atoms with Crippen LogP contribution >= 0.6 is 11.6 Å². The summed E-state index contributed by atoms with van der Waals surface area (Å²) in [4.78, 5) is 12.2. The van der Waals surface area contributed by atoms with Gasteiger partial charge in [0, 0.05) is 34.4 Å². The van der Waals surface area contributed by atoms with Gasteiger partial charge in [0.15, 0.2) is 11.5 Å². The largest absolute Gasteiger partial charge is 0.457 e. The van der Waals surface area contributed by atoms with E-state index in [1.165, 1.54) is 0 Å². The maximum absolute atomic E-state index is 12.2. The first kappa shape index (κ1) is 16.8. The van der Waals surface area contributed by atoms with E-state index in [2.05, 4.69) is 0 Å². The molecule has 1 atom stereocenters. The van der Waals surface area contributed by atoms with Crippen molar-refractivity contribution in [2.45, 2.75) is 12.4 Å². The van der Waals surface area contributed by atoms with E-state index in [1.807, 2.05) is 6.07 Å². The summed E-state index contributed by atoms with van der Waals surface area (Å²) in [5.74, 6) is 1.09. The van der Waals surface area contributed by atoms with Gasteiger partial charge in [0.25, 0.3) is 0 Å². The number of carbonyl (C=O) groups is 1. The molecular weight excluding hydrogens is 352 g/mol. The Morgan fingerprint density at radius 1 is 1.25 bits per heavy atom. The van der Waals surface area contributed by atoms with Gasteiger partial charge in [-0.3, -0.25) is 4.21 Å². The number of hydrogen-bond donors (Lipinski definition) is 0. The third-order valence-corrected chi connectivity index (χ3v) is 4.52. The van der Waals surface area contributed by atoms with Crippen molar-refractivity contribution in [3.63, 3.8) is 0 Å². The zero-order chi connectivity index (χ0) is 17.1. The van der Waals surface area contributed by atoms with Gasteiger partial charge in [0.2, 0.25) is 6.79 Å². The smallest absolute Gasteiger partial charge is 0.338 e. The van der Waals surface area contributed by atoms with Gasteiger partial charge in [-0.1, -0.05) is 23.7 Å². The van der Waals surface area contributed by atoms with Crippen LogP contribution in [0.3, 0.4) is 0 Å². The third kappa shape index (κ3) is 3.88. The number of fused-ring (bicyclic) bond motifs is 1. The summed E-state index contributed by atoms with van der Waals surface area (Å²) in [6.07, 6.45) is 1.62. The summed E-state index contributed by atoms with van der Waals surface area (Å²) in [6, 6.07) is 10.3. The number of hydrogen-bond acceptors (Lipinski definition) is 5. The Kier molecular flexibility index (Phi) is 5.06. The number of esters is 1. The molecule has 0 spiro atoms. The minimum Gasteiger partial charge on any atom is -0.457 e. The molecule has 0 amide bonds. The van der Waals surface area contributed by atoms with Crippen LogP contribution in [0.2, 0.25) is 5.02 Å². The molecule has 1 heterocycles. The highest BCUT2D eigenvalue weighted by Gasteiger charge is 2.17. The molecule has 7 heteroatoms. The molecule has 2 aromatic rings. The van der Waals surface area contributed by atoms with Gasteiger partial charge in [-0.2, -0.15) is 0 Å². The van der Waals surface area contributed by atoms with E-state index in [9.17, 15) is 9.00 Å². The molecule has 0 aromatic heterocycles. The van der Waals surface area contributed by atoms with Crippen molar-refractivity contribution in [1.82, 2.24) is 0 Å². The van der Waals surface area contributed by atoms with Crippen molar-refractivity contribution in [3.8, 4) is 11.5 Å². The molecule has 0 N–H and O–H groups in total. The summed E-state index contributed by atoms with van der Waals surface area (Å²) in [6.45, 7) is 0.179. The highest BCUT2D eigenvalue weighted by atomic mass is 35.5. The summed E-state index contributed by atoms with van der Waals surface area (Å²) in [5, 5.41) is 0.446. The molecule has 0 radical (unpaired) electrons. The van der Waals surface area contributed by atoms with Gasteiger partial charge in [0.05, 0.1) is 10.6 Å². The molecule has 2 aromatic carbocycles. The van der Waals surface area contributed by atoms with Crippen LogP contribution in [0.4, 0.5) is 0 Å². The molecular formula is C17H15ClO5S. The maximum Gasteiger partial charge on any atom is 0.338 e. The predicted octanol–water partition coefficient (Wildman–Crippen LogP) is 3.30.